The predicted molar refractivity (Wildman–Crippen MR) is 103 cm³/mol. The lowest BCUT2D eigenvalue weighted by molar-refractivity contribution is 0.0730. The van der Waals surface area contributed by atoms with Gasteiger partial charge < -0.3 is 10.1 Å². The molecule has 0 aliphatic carbocycles. The van der Waals surface area contributed by atoms with Gasteiger partial charge in [0, 0.05) is 30.3 Å². The second-order valence-corrected chi connectivity index (χ2v) is 8.60. The lowest BCUT2D eigenvalue weighted by atomic mass is 10.1. The molecule has 2 aromatic rings. The van der Waals surface area contributed by atoms with Gasteiger partial charge >= 0.3 is 0 Å². The summed E-state index contributed by atoms with van der Waals surface area (Å²) in [6.45, 7) is 2.59. The minimum absolute atomic E-state index is 0.00444. The van der Waals surface area contributed by atoms with Crippen molar-refractivity contribution in [1.82, 2.24) is 9.62 Å². The van der Waals surface area contributed by atoms with Crippen molar-refractivity contribution in [2.75, 3.05) is 26.3 Å². The van der Waals surface area contributed by atoms with E-state index in [-0.39, 0.29) is 42.3 Å². The fourth-order valence-electron chi connectivity index (χ4n) is 3.07. The van der Waals surface area contributed by atoms with E-state index in [0.717, 1.165) is 12.1 Å². The minimum atomic E-state index is -3.84. The highest BCUT2D eigenvalue weighted by molar-refractivity contribution is 7.89. The summed E-state index contributed by atoms with van der Waals surface area (Å²) in [5.74, 6) is -2.54. The maximum Gasteiger partial charge on any atom is 0.252 e. The average molecular weight is 435 g/mol. The number of amides is 1. The van der Waals surface area contributed by atoms with E-state index < -0.39 is 33.6 Å². The first kappa shape index (κ1) is 21.8. The van der Waals surface area contributed by atoms with Crippen LogP contribution in [0.5, 0.6) is 0 Å². The zero-order valence-corrected chi connectivity index (χ0v) is 16.9. The second kappa shape index (κ2) is 8.87. The Bertz CT molecular complexity index is 1110. The van der Waals surface area contributed by atoms with E-state index in [9.17, 15) is 27.3 Å². The third kappa shape index (κ3) is 4.48. The van der Waals surface area contributed by atoms with Gasteiger partial charge in [-0.1, -0.05) is 12.1 Å². The van der Waals surface area contributed by atoms with Gasteiger partial charge in [-0.05, 0) is 30.7 Å². The number of rotatable bonds is 5. The van der Waals surface area contributed by atoms with E-state index in [1.54, 1.807) is 13.0 Å². The fraction of sp³-hybridized carbons (Fsp3) is 0.300. The molecule has 1 heterocycles. The lowest BCUT2D eigenvalue weighted by Gasteiger charge is -2.26. The summed E-state index contributed by atoms with van der Waals surface area (Å²) in [5.41, 5.74) is 0.259. The largest absolute Gasteiger partial charge is 0.379 e. The van der Waals surface area contributed by atoms with E-state index in [1.165, 1.54) is 22.5 Å². The molecule has 1 N–H and O–H groups in total. The van der Waals surface area contributed by atoms with Gasteiger partial charge in [0.15, 0.2) is 0 Å². The number of halogens is 2. The SMILES string of the molecule is Cc1ccc(C(=O)NC(C#N)c2ccc(F)cc2F)cc1S(=O)(=O)N1CCOCC1. The smallest absolute Gasteiger partial charge is 0.252 e. The molecule has 0 radical (unpaired) electrons. The highest BCUT2D eigenvalue weighted by Gasteiger charge is 2.29. The standard InChI is InChI=1S/C20H19F2N3O4S/c1-13-2-3-14(10-19(13)30(27,28)25-6-8-29-9-7-25)20(26)24-18(12-23)16-5-4-15(21)11-17(16)22/h2-5,10-11,18H,6-9H2,1H3,(H,24,26). The van der Waals surface area contributed by atoms with Gasteiger partial charge in [-0.15, -0.1) is 0 Å². The minimum Gasteiger partial charge on any atom is -0.379 e. The van der Waals surface area contributed by atoms with E-state index >= 15 is 0 Å². The topological polar surface area (TPSA) is 99.5 Å². The van der Waals surface area contributed by atoms with Crippen molar-refractivity contribution in [2.45, 2.75) is 17.9 Å². The lowest BCUT2D eigenvalue weighted by Crippen LogP contribution is -2.41. The van der Waals surface area contributed by atoms with Gasteiger partial charge in [0.25, 0.3) is 5.91 Å². The summed E-state index contributed by atoms with van der Waals surface area (Å²) in [7, 11) is -3.84. The number of nitrogens with zero attached hydrogens (tertiary/aromatic N) is 2. The molecule has 3 rings (SSSR count). The first-order chi connectivity index (χ1) is 14.2. The predicted octanol–water partition coefficient (Wildman–Crippen LogP) is 2.29. The first-order valence-electron chi connectivity index (χ1n) is 9.08. The number of sulfonamides is 1. The van der Waals surface area contributed by atoms with Crippen LogP contribution < -0.4 is 5.32 Å². The van der Waals surface area contributed by atoms with Crippen molar-refractivity contribution in [1.29, 1.82) is 5.26 Å². The molecule has 0 aromatic heterocycles. The van der Waals surface area contributed by atoms with Gasteiger partial charge in [0.1, 0.15) is 17.7 Å². The first-order valence-corrected chi connectivity index (χ1v) is 10.5. The Balaban J connectivity index is 1.88. The molecule has 1 saturated heterocycles. The van der Waals surface area contributed by atoms with Crippen molar-refractivity contribution in [3.63, 3.8) is 0 Å². The van der Waals surface area contributed by atoms with Crippen LogP contribution in [0.1, 0.15) is 27.5 Å². The molecule has 158 valence electrons. The number of carbonyl (C=O) groups is 1. The number of nitrogens with one attached hydrogen (secondary N) is 1. The van der Waals surface area contributed by atoms with Crippen molar-refractivity contribution in [2.24, 2.45) is 0 Å². The Kier molecular flexibility index (Phi) is 6.45. The van der Waals surface area contributed by atoms with Crippen molar-refractivity contribution >= 4 is 15.9 Å². The number of morpholine rings is 1. The van der Waals surface area contributed by atoms with E-state index in [0.29, 0.717) is 11.6 Å². The molecule has 7 nitrogen and oxygen atoms in total. The summed E-state index contributed by atoms with van der Waals surface area (Å²) in [6.07, 6.45) is 0. The molecule has 0 bridgehead atoms. The van der Waals surface area contributed by atoms with Gasteiger partial charge in [-0.2, -0.15) is 9.57 Å². The molecular formula is C20H19F2N3O4S. The molecule has 0 spiro atoms. The van der Waals surface area contributed by atoms with Crippen LogP contribution in [-0.2, 0) is 14.8 Å². The Labute approximate surface area is 172 Å². The molecular weight excluding hydrogens is 416 g/mol. The molecule has 30 heavy (non-hydrogen) atoms. The molecule has 1 amide bonds. The third-order valence-electron chi connectivity index (χ3n) is 4.72. The number of hydrogen-bond acceptors (Lipinski definition) is 5. The molecule has 1 fully saturated rings. The van der Waals surface area contributed by atoms with Crippen LogP contribution in [0.25, 0.3) is 0 Å². The van der Waals surface area contributed by atoms with Crippen LogP contribution in [0.4, 0.5) is 8.78 Å². The van der Waals surface area contributed by atoms with Crippen molar-refractivity contribution in [3.05, 3.63) is 64.7 Å². The van der Waals surface area contributed by atoms with Gasteiger partial charge in [0.2, 0.25) is 10.0 Å². The van der Waals surface area contributed by atoms with Crippen LogP contribution >= 0.6 is 0 Å². The summed E-state index contributed by atoms with van der Waals surface area (Å²) >= 11 is 0. The number of hydrogen-bond donors (Lipinski definition) is 1. The number of carbonyl (C=O) groups excluding carboxylic acids is 1. The van der Waals surface area contributed by atoms with Crippen LogP contribution in [0.3, 0.4) is 0 Å². The van der Waals surface area contributed by atoms with Crippen LogP contribution in [0.15, 0.2) is 41.3 Å². The van der Waals surface area contributed by atoms with Gasteiger partial charge in [-0.25, -0.2) is 17.2 Å². The second-order valence-electron chi connectivity index (χ2n) is 6.70. The summed E-state index contributed by atoms with van der Waals surface area (Å²) in [4.78, 5) is 12.6. The molecule has 0 saturated carbocycles. The Morgan fingerprint density at radius 2 is 1.90 bits per heavy atom. The van der Waals surface area contributed by atoms with Crippen molar-refractivity contribution in [3.8, 4) is 6.07 Å². The van der Waals surface area contributed by atoms with Crippen LogP contribution in [0, 0.1) is 29.9 Å². The normalized spacial score (nSPS) is 15.9. The molecule has 1 atom stereocenters. The highest BCUT2D eigenvalue weighted by Crippen LogP contribution is 2.23. The zero-order valence-electron chi connectivity index (χ0n) is 16.1. The monoisotopic (exact) mass is 435 g/mol. The average Bonchev–Trinajstić information content (AvgIpc) is 2.73. The number of ether oxygens (including phenoxy) is 1. The van der Waals surface area contributed by atoms with E-state index in [4.69, 9.17) is 4.74 Å². The maximum absolute atomic E-state index is 14.0. The molecule has 10 heteroatoms. The van der Waals surface area contributed by atoms with Crippen molar-refractivity contribution < 1.29 is 26.7 Å². The van der Waals surface area contributed by atoms with E-state index in [2.05, 4.69) is 5.32 Å². The number of aryl methyl sites for hydroxylation is 1. The molecule has 1 aliphatic heterocycles. The van der Waals surface area contributed by atoms with Crippen LogP contribution in [-0.4, -0.2) is 44.9 Å². The van der Waals surface area contributed by atoms with Crippen LogP contribution in [0.2, 0.25) is 0 Å². The number of benzene rings is 2. The quantitative estimate of drug-likeness (QED) is 0.777. The molecule has 1 aliphatic rings. The van der Waals surface area contributed by atoms with Gasteiger partial charge in [-0.3, -0.25) is 4.79 Å². The molecule has 1 unspecified atom stereocenters. The maximum atomic E-state index is 14.0. The zero-order chi connectivity index (χ0) is 21.9. The fourth-order valence-corrected chi connectivity index (χ4v) is 4.73. The highest BCUT2D eigenvalue weighted by atomic mass is 32.2. The Morgan fingerprint density at radius 3 is 2.53 bits per heavy atom. The molecule has 2 aromatic carbocycles. The Morgan fingerprint density at radius 1 is 1.20 bits per heavy atom. The summed E-state index contributed by atoms with van der Waals surface area (Å²) in [6, 6.07) is 7.17. The Hall–Kier alpha value is -2.87. The van der Waals surface area contributed by atoms with Gasteiger partial charge in [0.05, 0.1) is 24.2 Å². The number of nitriles is 1. The summed E-state index contributed by atoms with van der Waals surface area (Å²) in [5, 5.41) is 11.7. The summed E-state index contributed by atoms with van der Waals surface area (Å²) < 4.78 is 59.5. The third-order valence-corrected chi connectivity index (χ3v) is 6.76. The van der Waals surface area contributed by atoms with E-state index in [1.807, 2.05) is 0 Å².